The fourth-order valence-corrected chi connectivity index (χ4v) is 3.30. The van der Waals surface area contributed by atoms with Gasteiger partial charge >= 0.3 is 6.03 Å². The van der Waals surface area contributed by atoms with E-state index in [1.807, 2.05) is 30.3 Å². The van der Waals surface area contributed by atoms with Crippen LogP contribution in [0.25, 0.3) is 10.8 Å². The van der Waals surface area contributed by atoms with Gasteiger partial charge in [0.1, 0.15) is 6.04 Å². The van der Waals surface area contributed by atoms with Gasteiger partial charge in [-0.15, -0.1) is 0 Å². The number of halogens is 1. The second-order valence-electron chi connectivity index (χ2n) is 5.77. The molecule has 122 valence electrons. The van der Waals surface area contributed by atoms with Gasteiger partial charge in [-0.1, -0.05) is 41.9 Å². The summed E-state index contributed by atoms with van der Waals surface area (Å²) in [7, 11) is 0. The Morgan fingerprint density at radius 3 is 2.80 bits per heavy atom. The van der Waals surface area contributed by atoms with Crippen molar-refractivity contribution in [2.75, 3.05) is 16.3 Å². The molecule has 0 unspecified atom stereocenters. The maximum atomic E-state index is 13.1. The fraction of sp³-hybridized carbons (Fsp3) is 0.105. The summed E-state index contributed by atoms with van der Waals surface area (Å²) in [5, 5.41) is 11.9. The number of hydrogen-bond acceptors (Lipinski definition) is 3. The summed E-state index contributed by atoms with van der Waals surface area (Å²) < 4.78 is 0. The molecule has 0 radical (unpaired) electrons. The number of nitriles is 1. The predicted octanol–water partition coefficient (Wildman–Crippen LogP) is 4.23. The molecule has 0 N–H and O–H groups in total. The molecular weight excluding hydrogens is 336 g/mol. The lowest BCUT2D eigenvalue weighted by Gasteiger charge is -2.21. The van der Waals surface area contributed by atoms with Gasteiger partial charge in [-0.25, -0.2) is 4.79 Å². The molecule has 2 heterocycles. The van der Waals surface area contributed by atoms with E-state index >= 15 is 0 Å². The topological polar surface area (TPSA) is 60.2 Å². The van der Waals surface area contributed by atoms with Crippen molar-refractivity contribution >= 4 is 39.8 Å². The minimum Gasteiger partial charge on any atom is -0.291 e. The minimum atomic E-state index is -0.598. The van der Waals surface area contributed by atoms with Gasteiger partial charge in [-0.3, -0.25) is 14.8 Å². The monoisotopic (exact) mass is 348 g/mol. The van der Waals surface area contributed by atoms with E-state index in [2.05, 4.69) is 11.1 Å². The van der Waals surface area contributed by atoms with E-state index in [1.54, 1.807) is 35.5 Å². The lowest BCUT2D eigenvalue weighted by molar-refractivity contribution is 0.255. The first kappa shape index (κ1) is 15.4. The van der Waals surface area contributed by atoms with Gasteiger partial charge in [0.2, 0.25) is 0 Å². The van der Waals surface area contributed by atoms with E-state index in [9.17, 15) is 10.1 Å². The number of nitrogens with zero attached hydrogens (tertiary/aromatic N) is 4. The lowest BCUT2D eigenvalue weighted by Crippen LogP contribution is -2.34. The van der Waals surface area contributed by atoms with Crippen LogP contribution in [-0.4, -0.2) is 23.6 Å². The van der Waals surface area contributed by atoms with Crippen LogP contribution in [0.15, 0.2) is 60.9 Å². The van der Waals surface area contributed by atoms with Crippen LogP contribution in [0.5, 0.6) is 0 Å². The number of anilines is 2. The number of urea groups is 1. The molecule has 6 heteroatoms. The summed E-state index contributed by atoms with van der Waals surface area (Å²) in [4.78, 5) is 20.4. The number of carbonyl (C=O) groups excluding carboxylic acids is 1. The van der Waals surface area contributed by atoms with Crippen molar-refractivity contribution < 1.29 is 4.79 Å². The first-order valence-electron chi connectivity index (χ1n) is 7.77. The van der Waals surface area contributed by atoms with Crippen molar-refractivity contribution in [1.82, 2.24) is 4.98 Å². The Bertz CT molecular complexity index is 1010. The molecule has 1 aliphatic rings. The third-order valence-electron chi connectivity index (χ3n) is 4.28. The molecule has 25 heavy (non-hydrogen) atoms. The molecule has 1 aliphatic heterocycles. The number of benzene rings is 2. The van der Waals surface area contributed by atoms with Crippen LogP contribution in [0.3, 0.4) is 0 Å². The molecule has 0 spiro atoms. The number of hydrogen-bond donors (Lipinski definition) is 0. The maximum absolute atomic E-state index is 13.1. The Morgan fingerprint density at radius 1 is 1.16 bits per heavy atom. The van der Waals surface area contributed by atoms with Crippen LogP contribution in [-0.2, 0) is 0 Å². The maximum Gasteiger partial charge on any atom is 0.330 e. The second-order valence-corrected chi connectivity index (χ2v) is 6.20. The van der Waals surface area contributed by atoms with Crippen LogP contribution in [0.2, 0.25) is 5.02 Å². The summed E-state index contributed by atoms with van der Waals surface area (Å²) in [5.41, 5.74) is 1.31. The van der Waals surface area contributed by atoms with E-state index in [0.717, 1.165) is 10.8 Å². The SMILES string of the molecule is N#C[C@@H]1CN(c2cccc(Cl)c2)C(=O)N1c1cncc2ccccc12. The third-order valence-corrected chi connectivity index (χ3v) is 4.51. The third kappa shape index (κ3) is 2.57. The summed E-state index contributed by atoms with van der Waals surface area (Å²) >= 11 is 6.05. The number of aromatic nitrogens is 1. The van der Waals surface area contributed by atoms with Crippen LogP contribution < -0.4 is 9.80 Å². The molecule has 0 bridgehead atoms. The molecule has 2 aromatic carbocycles. The summed E-state index contributed by atoms with van der Waals surface area (Å²) in [6.45, 7) is 0.277. The Kier molecular flexibility index (Phi) is 3.75. The Labute approximate surface area is 149 Å². The van der Waals surface area contributed by atoms with Crippen LogP contribution in [0.4, 0.5) is 16.2 Å². The highest BCUT2D eigenvalue weighted by Gasteiger charge is 2.40. The van der Waals surface area contributed by atoms with Gasteiger partial charge in [0.15, 0.2) is 0 Å². The lowest BCUT2D eigenvalue weighted by atomic mass is 10.1. The molecule has 2 amide bonds. The Balaban J connectivity index is 1.81. The Hall–Kier alpha value is -3.10. The van der Waals surface area contributed by atoms with Crippen LogP contribution >= 0.6 is 11.6 Å². The average Bonchev–Trinajstić information content (AvgIpc) is 2.97. The van der Waals surface area contributed by atoms with E-state index in [4.69, 9.17) is 11.6 Å². The van der Waals surface area contributed by atoms with Crippen LogP contribution in [0, 0.1) is 11.3 Å². The van der Waals surface area contributed by atoms with Crippen molar-refractivity contribution in [3.63, 3.8) is 0 Å². The fourth-order valence-electron chi connectivity index (χ4n) is 3.12. The Morgan fingerprint density at radius 2 is 2.00 bits per heavy atom. The van der Waals surface area contributed by atoms with Gasteiger partial charge in [0.25, 0.3) is 0 Å². The van der Waals surface area contributed by atoms with Crippen LogP contribution in [0.1, 0.15) is 0 Å². The second kappa shape index (κ2) is 6.08. The molecule has 4 rings (SSSR count). The number of amides is 2. The zero-order valence-corrected chi connectivity index (χ0v) is 13.9. The molecule has 0 aliphatic carbocycles. The summed E-state index contributed by atoms with van der Waals surface area (Å²) in [6.07, 6.45) is 3.38. The number of rotatable bonds is 2. The quantitative estimate of drug-likeness (QED) is 0.696. The summed E-state index contributed by atoms with van der Waals surface area (Å²) in [6, 6.07) is 16.1. The number of fused-ring (bicyclic) bond motifs is 1. The highest BCUT2D eigenvalue weighted by atomic mass is 35.5. The zero-order chi connectivity index (χ0) is 17.4. The molecule has 5 nitrogen and oxygen atoms in total. The van der Waals surface area contributed by atoms with Gasteiger partial charge in [0, 0.05) is 27.7 Å². The number of pyridine rings is 1. The molecule has 1 atom stereocenters. The average molecular weight is 349 g/mol. The highest BCUT2D eigenvalue weighted by molar-refractivity contribution is 6.31. The van der Waals surface area contributed by atoms with Gasteiger partial charge in [-0.05, 0) is 18.2 Å². The van der Waals surface area contributed by atoms with Gasteiger partial charge < -0.3 is 0 Å². The molecule has 1 fully saturated rings. The molecule has 1 aromatic heterocycles. The van der Waals surface area contributed by atoms with Crippen molar-refractivity contribution in [3.8, 4) is 6.07 Å². The first-order chi connectivity index (χ1) is 12.2. The van der Waals surface area contributed by atoms with Gasteiger partial charge in [0.05, 0.1) is 24.5 Å². The normalized spacial score (nSPS) is 17.1. The largest absolute Gasteiger partial charge is 0.330 e. The summed E-state index contributed by atoms with van der Waals surface area (Å²) in [5.74, 6) is 0. The van der Waals surface area contributed by atoms with Crippen molar-refractivity contribution in [2.45, 2.75) is 6.04 Å². The molecule has 1 saturated heterocycles. The van der Waals surface area contributed by atoms with E-state index in [1.165, 1.54) is 4.90 Å². The standard InChI is InChI=1S/C19H13ClN4O/c20-14-5-3-6-15(8-14)23-12-16(9-21)24(19(23)25)18-11-22-10-13-4-1-2-7-17(13)18/h1-8,10-11,16H,12H2/t16-/m1/s1. The highest BCUT2D eigenvalue weighted by Crippen LogP contribution is 2.33. The molecule has 0 saturated carbocycles. The molecule has 3 aromatic rings. The smallest absolute Gasteiger partial charge is 0.291 e. The zero-order valence-electron chi connectivity index (χ0n) is 13.1. The van der Waals surface area contributed by atoms with E-state index in [-0.39, 0.29) is 12.6 Å². The molecular formula is C19H13ClN4O. The number of carbonyl (C=O) groups is 1. The first-order valence-corrected chi connectivity index (χ1v) is 8.15. The van der Waals surface area contributed by atoms with Crippen molar-refractivity contribution in [3.05, 3.63) is 65.9 Å². The van der Waals surface area contributed by atoms with Crippen molar-refractivity contribution in [1.29, 1.82) is 5.26 Å². The van der Waals surface area contributed by atoms with Crippen molar-refractivity contribution in [2.24, 2.45) is 0 Å². The van der Waals surface area contributed by atoms with Gasteiger partial charge in [-0.2, -0.15) is 5.26 Å². The predicted molar refractivity (Wildman–Crippen MR) is 97.8 cm³/mol. The van der Waals surface area contributed by atoms with E-state index < -0.39 is 6.04 Å². The van der Waals surface area contributed by atoms with E-state index in [0.29, 0.717) is 16.4 Å². The minimum absolute atomic E-state index is 0.257.